The van der Waals surface area contributed by atoms with Crippen LogP contribution < -0.4 is 0 Å². The van der Waals surface area contributed by atoms with E-state index in [2.05, 4.69) is 15.2 Å². The van der Waals surface area contributed by atoms with Crippen LogP contribution in [0.1, 0.15) is 66.5 Å². The van der Waals surface area contributed by atoms with Gasteiger partial charge in [0.2, 0.25) is 11.8 Å². The largest absolute Gasteiger partial charge is 0.341 e. The summed E-state index contributed by atoms with van der Waals surface area (Å²) in [6, 6.07) is 5.48. The molecule has 1 atom stereocenters. The quantitative estimate of drug-likeness (QED) is 0.540. The van der Waals surface area contributed by atoms with Gasteiger partial charge in [0, 0.05) is 49.7 Å². The first-order valence-corrected chi connectivity index (χ1v) is 11.5. The fraction of sp³-hybridized carbons (Fsp3) is 0.583. The summed E-state index contributed by atoms with van der Waals surface area (Å²) in [4.78, 5) is 32.8. The normalized spacial score (nSPS) is 11.3. The van der Waals surface area contributed by atoms with Crippen molar-refractivity contribution in [2.24, 2.45) is 0 Å². The average molecular weight is 430 g/mol. The molecule has 0 aliphatic carbocycles. The van der Waals surface area contributed by atoms with E-state index in [4.69, 9.17) is 0 Å². The van der Waals surface area contributed by atoms with E-state index in [1.165, 1.54) is 0 Å². The van der Waals surface area contributed by atoms with E-state index in [1.54, 1.807) is 22.2 Å². The zero-order valence-electron chi connectivity index (χ0n) is 20.0. The lowest BCUT2D eigenvalue weighted by Gasteiger charge is -2.31. The lowest BCUT2D eigenvalue weighted by Crippen LogP contribution is -2.49. The predicted molar refractivity (Wildman–Crippen MR) is 125 cm³/mol. The molecule has 2 aromatic heterocycles. The van der Waals surface area contributed by atoms with Crippen LogP contribution in [0.4, 0.5) is 0 Å². The van der Waals surface area contributed by atoms with Crippen molar-refractivity contribution in [2.45, 2.75) is 73.3 Å². The molecular weight excluding hydrogens is 390 g/mol. The van der Waals surface area contributed by atoms with Crippen molar-refractivity contribution in [1.29, 1.82) is 0 Å². The van der Waals surface area contributed by atoms with Gasteiger partial charge in [-0.2, -0.15) is 5.10 Å². The van der Waals surface area contributed by atoms with Crippen molar-refractivity contribution < 1.29 is 9.59 Å². The molecule has 2 heterocycles. The summed E-state index contributed by atoms with van der Waals surface area (Å²) >= 11 is 0. The molecule has 7 heteroatoms. The van der Waals surface area contributed by atoms with E-state index in [-0.39, 0.29) is 11.8 Å². The number of amides is 2. The Bertz CT molecular complexity index is 771. The predicted octanol–water partition coefficient (Wildman–Crippen LogP) is 4.32. The molecule has 0 fully saturated rings. The SMILES string of the molecule is CC.CCN(CC)C(=O)C(C)N(CC)C(=O)CCCCc1cc(-c2cccnc2)n[nH]1. The number of aromatic nitrogens is 3. The summed E-state index contributed by atoms with van der Waals surface area (Å²) < 4.78 is 0. The molecule has 0 saturated heterocycles. The fourth-order valence-electron chi connectivity index (χ4n) is 3.49. The Balaban J connectivity index is 0.00000233. The number of hydrogen-bond donors (Lipinski definition) is 1. The Hall–Kier alpha value is -2.70. The second kappa shape index (κ2) is 14.3. The van der Waals surface area contributed by atoms with Crippen molar-refractivity contribution in [1.82, 2.24) is 25.0 Å². The lowest BCUT2D eigenvalue weighted by atomic mass is 10.1. The van der Waals surface area contributed by atoms with Gasteiger partial charge in [-0.15, -0.1) is 0 Å². The van der Waals surface area contributed by atoms with Crippen LogP contribution in [0.2, 0.25) is 0 Å². The summed E-state index contributed by atoms with van der Waals surface area (Å²) in [5.41, 5.74) is 2.91. The monoisotopic (exact) mass is 429 g/mol. The molecule has 172 valence electrons. The summed E-state index contributed by atoms with van der Waals surface area (Å²) in [5, 5.41) is 7.40. The van der Waals surface area contributed by atoms with Gasteiger partial charge < -0.3 is 9.80 Å². The Kier molecular flexibility index (Phi) is 12.2. The van der Waals surface area contributed by atoms with Crippen molar-refractivity contribution in [3.05, 3.63) is 36.3 Å². The number of rotatable bonds is 11. The van der Waals surface area contributed by atoms with Crippen LogP contribution in [0.15, 0.2) is 30.6 Å². The van der Waals surface area contributed by atoms with Crippen LogP contribution in [0.5, 0.6) is 0 Å². The van der Waals surface area contributed by atoms with E-state index in [0.717, 1.165) is 36.2 Å². The van der Waals surface area contributed by atoms with Gasteiger partial charge in [-0.3, -0.25) is 19.7 Å². The van der Waals surface area contributed by atoms with Crippen LogP contribution >= 0.6 is 0 Å². The molecule has 2 amide bonds. The van der Waals surface area contributed by atoms with E-state index in [9.17, 15) is 9.59 Å². The van der Waals surface area contributed by atoms with Crippen molar-refractivity contribution in [3.8, 4) is 11.3 Å². The molecule has 0 spiro atoms. The van der Waals surface area contributed by atoms with Crippen molar-refractivity contribution in [2.75, 3.05) is 19.6 Å². The van der Waals surface area contributed by atoms with Gasteiger partial charge in [0.05, 0.1) is 5.69 Å². The smallest absolute Gasteiger partial charge is 0.245 e. The number of aryl methyl sites for hydroxylation is 1. The first-order valence-electron chi connectivity index (χ1n) is 11.5. The first-order chi connectivity index (χ1) is 15.0. The molecule has 0 saturated carbocycles. The zero-order valence-corrected chi connectivity index (χ0v) is 20.0. The summed E-state index contributed by atoms with van der Waals surface area (Å²) in [5.74, 6) is 0.0618. The Morgan fingerprint density at radius 2 is 1.81 bits per heavy atom. The molecule has 0 radical (unpaired) electrons. The minimum atomic E-state index is -0.415. The number of hydrogen-bond acceptors (Lipinski definition) is 4. The molecule has 2 aromatic rings. The third kappa shape index (κ3) is 7.81. The molecule has 7 nitrogen and oxygen atoms in total. The van der Waals surface area contributed by atoms with Gasteiger partial charge in [-0.1, -0.05) is 13.8 Å². The number of H-pyrrole nitrogens is 1. The number of carbonyl (C=O) groups excluding carboxylic acids is 2. The van der Waals surface area contributed by atoms with Gasteiger partial charge in [-0.05, 0) is 65.2 Å². The molecule has 0 aromatic carbocycles. The minimum Gasteiger partial charge on any atom is -0.341 e. The fourth-order valence-corrected chi connectivity index (χ4v) is 3.49. The van der Waals surface area contributed by atoms with Crippen LogP contribution in [0.25, 0.3) is 11.3 Å². The Labute approximate surface area is 187 Å². The molecule has 0 aliphatic heterocycles. The Morgan fingerprint density at radius 1 is 1.10 bits per heavy atom. The lowest BCUT2D eigenvalue weighted by molar-refractivity contribution is -0.144. The molecule has 1 N–H and O–H groups in total. The maximum absolute atomic E-state index is 12.6. The molecule has 1 unspecified atom stereocenters. The van der Waals surface area contributed by atoms with Gasteiger partial charge in [-0.25, -0.2) is 0 Å². The second-order valence-corrected chi connectivity index (χ2v) is 7.09. The number of likely N-dealkylation sites (N-methyl/N-ethyl adjacent to an activating group) is 2. The average Bonchev–Trinajstić information content (AvgIpc) is 3.29. The number of pyridine rings is 1. The van der Waals surface area contributed by atoms with Gasteiger partial charge in [0.15, 0.2) is 0 Å². The summed E-state index contributed by atoms with van der Waals surface area (Å²) in [6.45, 7) is 13.5. The number of carbonyl (C=O) groups is 2. The Morgan fingerprint density at radius 3 is 2.39 bits per heavy atom. The van der Waals surface area contributed by atoms with Gasteiger partial charge in [0.25, 0.3) is 0 Å². The third-order valence-corrected chi connectivity index (χ3v) is 5.24. The van der Waals surface area contributed by atoms with Crippen molar-refractivity contribution >= 4 is 11.8 Å². The maximum atomic E-state index is 12.6. The van der Waals surface area contributed by atoms with Crippen molar-refractivity contribution in [3.63, 3.8) is 0 Å². The highest BCUT2D eigenvalue weighted by Crippen LogP contribution is 2.17. The molecule has 31 heavy (non-hydrogen) atoms. The van der Waals surface area contributed by atoms with E-state index in [1.807, 2.05) is 59.7 Å². The maximum Gasteiger partial charge on any atom is 0.245 e. The van der Waals surface area contributed by atoms with Crippen LogP contribution in [0, 0.1) is 0 Å². The van der Waals surface area contributed by atoms with E-state index in [0.29, 0.717) is 26.1 Å². The van der Waals surface area contributed by atoms with Gasteiger partial charge >= 0.3 is 0 Å². The highest BCUT2D eigenvalue weighted by molar-refractivity contribution is 5.87. The van der Waals surface area contributed by atoms with E-state index < -0.39 is 6.04 Å². The molecule has 0 aliphatic rings. The number of aromatic amines is 1. The number of unbranched alkanes of at least 4 members (excludes halogenated alkanes) is 1. The van der Waals surface area contributed by atoms with Gasteiger partial charge in [0.1, 0.15) is 6.04 Å². The first kappa shape index (κ1) is 26.3. The second-order valence-electron chi connectivity index (χ2n) is 7.09. The highest BCUT2D eigenvalue weighted by Gasteiger charge is 2.26. The third-order valence-electron chi connectivity index (χ3n) is 5.24. The number of nitrogens with one attached hydrogen (secondary N) is 1. The zero-order chi connectivity index (χ0) is 23.2. The van der Waals surface area contributed by atoms with Crippen LogP contribution in [0.3, 0.4) is 0 Å². The summed E-state index contributed by atoms with van der Waals surface area (Å²) in [7, 11) is 0. The molecule has 2 rings (SSSR count). The van der Waals surface area contributed by atoms with Crippen LogP contribution in [-0.4, -0.2) is 62.5 Å². The number of nitrogens with zero attached hydrogens (tertiary/aromatic N) is 4. The topological polar surface area (TPSA) is 82.2 Å². The molecular formula is C24H39N5O2. The highest BCUT2D eigenvalue weighted by atomic mass is 16.2. The van der Waals surface area contributed by atoms with E-state index >= 15 is 0 Å². The standard InChI is InChI=1S/C22H33N5O2.C2H6/c1-5-26(6-2)22(29)17(4)27(7-3)21(28)13-9-8-12-19-15-20(25-24-19)18-11-10-14-23-16-18;1-2/h10-11,14-17H,5-9,12-13H2,1-4H3,(H,24,25);1-2H3. The molecule has 0 bridgehead atoms. The summed E-state index contributed by atoms with van der Waals surface area (Å²) in [6.07, 6.45) is 6.48. The minimum absolute atomic E-state index is 0.0191. The van der Waals surface area contributed by atoms with Crippen LogP contribution in [-0.2, 0) is 16.0 Å².